The van der Waals surface area contributed by atoms with Gasteiger partial charge in [-0.2, -0.15) is 23.1 Å². The van der Waals surface area contributed by atoms with Crippen LogP contribution < -0.4 is 10.6 Å². The minimum Gasteiger partial charge on any atom is -0.434 e. The van der Waals surface area contributed by atoms with Crippen LogP contribution in [-0.2, 0) is 0 Å². The van der Waals surface area contributed by atoms with Crippen molar-refractivity contribution in [2.45, 2.75) is 37.8 Å². The lowest BCUT2D eigenvalue weighted by atomic mass is 10.1. The summed E-state index contributed by atoms with van der Waals surface area (Å²) in [7, 11) is 0. The smallest absolute Gasteiger partial charge is 0.405 e. The number of nitrogens with one attached hydrogen (secondary N) is 2. The fraction of sp³-hybridized carbons (Fsp3) is 0.474. The van der Waals surface area contributed by atoms with Gasteiger partial charge in [-0.25, -0.2) is 9.97 Å². The summed E-state index contributed by atoms with van der Waals surface area (Å²) in [6.45, 7) is -0.115. The number of pyridine rings is 1. The van der Waals surface area contributed by atoms with Crippen LogP contribution in [0.5, 0.6) is 0 Å². The predicted molar refractivity (Wildman–Crippen MR) is 107 cm³/mol. The molecule has 3 aromatic rings. The molecule has 4 rings (SSSR count). The molecule has 32 heavy (non-hydrogen) atoms. The van der Waals surface area contributed by atoms with Crippen LogP contribution in [0.3, 0.4) is 0 Å². The van der Waals surface area contributed by atoms with Gasteiger partial charge in [0.1, 0.15) is 24.0 Å². The molecule has 3 aromatic heterocycles. The molecule has 0 radical (unpaired) electrons. The number of hydrogen-bond donors (Lipinski definition) is 5. The highest BCUT2D eigenvalue weighted by atomic mass is 19.4. The van der Waals surface area contributed by atoms with Gasteiger partial charge >= 0.3 is 6.18 Å². The third-order valence-electron chi connectivity index (χ3n) is 5.27. The van der Waals surface area contributed by atoms with Gasteiger partial charge in [0, 0.05) is 18.7 Å². The molecule has 10 nitrogen and oxygen atoms in total. The number of fused-ring (bicyclic) bond motifs is 1. The van der Waals surface area contributed by atoms with Crippen molar-refractivity contribution in [3.05, 3.63) is 24.0 Å². The average molecular weight is 454 g/mol. The van der Waals surface area contributed by atoms with Crippen LogP contribution in [0.15, 0.2) is 22.7 Å². The van der Waals surface area contributed by atoms with E-state index in [2.05, 4.69) is 30.6 Å². The molecule has 1 saturated carbocycles. The second-order valence-electron chi connectivity index (χ2n) is 7.58. The van der Waals surface area contributed by atoms with E-state index in [0.717, 1.165) is 0 Å². The van der Waals surface area contributed by atoms with E-state index in [0.29, 0.717) is 11.2 Å². The van der Waals surface area contributed by atoms with Gasteiger partial charge < -0.3 is 30.4 Å². The Hall–Kier alpha value is -3.03. The Morgan fingerprint density at radius 2 is 1.97 bits per heavy atom. The zero-order chi connectivity index (χ0) is 23.0. The average Bonchev–Trinajstić information content (AvgIpc) is 3.27. The van der Waals surface area contributed by atoms with Crippen LogP contribution >= 0.6 is 0 Å². The van der Waals surface area contributed by atoms with E-state index >= 15 is 0 Å². The Bertz CT molecular complexity index is 1080. The quantitative estimate of drug-likeness (QED) is 0.371. The van der Waals surface area contributed by atoms with E-state index in [1.807, 2.05) is 0 Å². The van der Waals surface area contributed by atoms with Crippen molar-refractivity contribution in [2.75, 3.05) is 23.8 Å². The van der Waals surface area contributed by atoms with Crippen LogP contribution in [0.1, 0.15) is 12.1 Å². The van der Waals surface area contributed by atoms with Crippen LogP contribution in [0.25, 0.3) is 22.7 Å². The van der Waals surface area contributed by atoms with Crippen LogP contribution in [-0.4, -0.2) is 72.8 Å². The van der Waals surface area contributed by atoms with Crippen molar-refractivity contribution in [3.8, 4) is 11.5 Å². The zero-order valence-corrected chi connectivity index (χ0v) is 16.8. The molecule has 0 bridgehead atoms. The van der Waals surface area contributed by atoms with Gasteiger partial charge in [0.05, 0.1) is 17.8 Å². The van der Waals surface area contributed by atoms with Crippen LogP contribution in [0.2, 0.25) is 0 Å². The van der Waals surface area contributed by atoms with Crippen molar-refractivity contribution >= 4 is 23.0 Å². The minimum absolute atomic E-state index is 0.0589. The summed E-state index contributed by atoms with van der Waals surface area (Å²) < 4.78 is 43.7. The van der Waals surface area contributed by atoms with Gasteiger partial charge in [-0.15, -0.1) is 0 Å². The first-order valence-electron chi connectivity index (χ1n) is 9.81. The van der Waals surface area contributed by atoms with E-state index in [-0.39, 0.29) is 41.9 Å². The molecular weight excluding hydrogens is 433 g/mol. The first-order chi connectivity index (χ1) is 15.2. The highest BCUT2D eigenvalue weighted by Gasteiger charge is 2.41. The first-order valence-corrected chi connectivity index (χ1v) is 9.81. The van der Waals surface area contributed by atoms with Crippen LogP contribution in [0, 0.1) is 12.8 Å². The molecule has 0 spiro atoms. The Morgan fingerprint density at radius 1 is 1.19 bits per heavy atom. The number of aromatic nitrogens is 4. The molecule has 5 N–H and O–H groups in total. The Balaban J connectivity index is 1.74. The highest BCUT2D eigenvalue weighted by Crippen LogP contribution is 2.35. The third kappa shape index (κ3) is 4.45. The monoisotopic (exact) mass is 454 g/mol. The van der Waals surface area contributed by atoms with Crippen molar-refractivity contribution in [1.82, 2.24) is 19.9 Å². The van der Waals surface area contributed by atoms with Crippen molar-refractivity contribution in [1.29, 1.82) is 0 Å². The van der Waals surface area contributed by atoms with Gasteiger partial charge in [-0.1, -0.05) is 0 Å². The van der Waals surface area contributed by atoms with Gasteiger partial charge in [0.2, 0.25) is 11.8 Å². The molecule has 4 atom stereocenters. The van der Waals surface area contributed by atoms with Gasteiger partial charge in [0.15, 0.2) is 11.2 Å². The second-order valence-corrected chi connectivity index (χ2v) is 7.58. The van der Waals surface area contributed by atoms with Crippen molar-refractivity contribution in [3.63, 3.8) is 0 Å². The van der Waals surface area contributed by atoms with E-state index in [9.17, 15) is 28.5 Å². The number of halogens is 3. The standard InChI is InChI=1S/C19H21F3N6O4/c1-8-12(17-27-15-11(32-17)3-2-4-23-15)16(28-18(25-8)24-7-19(20,21)22)26-10-5-9(6-29)13(30)14(10)31/h2-4,9-10,13-14,29-31H,5-7H2,1H3,(H2,24,25,26,28). The summed E-state index contributed by atoms with van der Waals surface area (Å²) in [5, 5.41) is 35.0. The molecule has 13 heteroatoms. The maximum Gasteiger partial charge on any atom is 0.405 e. The van der Waals surface area contributed by atoms with Crippen molar-refractivity contribution < 1.29 is 32.9 Å². The fourth-order valence-corrected chi connectivity index (χ4v) is 3.69. The summed E-state index contributed by atoms with van der Waals surface area (Å²) in [5.41, 5.74) is 1.26. The summed E-state index contributed by atoms with van der Waals surface area (Å²) in [6, 6.07) is 2.59. The Morgan fingerprint density at radius 3 is 2.62 bits per heavy atom. The fourth-order valence-electron chi connectivity index (χ4n) is 3.69. The summed E-state index contributed by atoms with van der Waals surface area (Å²) in [4.78, 5) is 16.6. The molecule has 0 saturated heterocycles. The van der Waals surface area contributed by atoms with Gasteiger partial charge in [-0.3, -0.25) is 0 Å². The molecule has 0 aromatic carbocycles. The SMILES string of the molecule is Cc1nc(NCC(F)(F)F)nc(NC2CC(CO)C(O)C2O)c1-c1nc2ncccc2o1. The molecule has 3 heterocycles. The van der Waals surface area contributed by atoms with Gasteiger partial charge in [-0.05, 0) is 25.5 Å². The number of alkyl halides is 3. The number of aryl methyl sites for hydroxylation is 1. The number of aliphatic hydroxyl groups excluding tert-OH is 3. The molecule has 1 fully saturated rings. The Kier molecular flexibility index (Phi) is 5.88. The molecule has 0 aliphatic heterocycles. The Labute approximate surface area is 179 Å². The molecular formula is C19H21F3N6O4. The first kappa shape index (κ1) is 22.2. The maximum absolute atomic E-state index is 12.7. The van der Waals surface area contributed by atoms with Crippen molar-refractivity contribution in [2.24, 2.45) is 5.92 Å². The van der Waals surface area contributed by atoms with Crippen LogP contribution in [0.4, 0.5) is 24.9 Å². The number of anilines is 2. The summed E-state index contributed by atoms with van der Waals surface area (Å²) in [6.07, 6.45) is -5.13. The topological polar surface area (TPSA) is 149 Å². The van der Waals surface area contributed by atoms with E-state index in [1.165, 1.54) is 6.20 Å². The lowest BCUT2D eigenvalue weighted by Crippen LogP contribution is -2.36. The molecule has 1 aliphatic carbocycles. The van der Waals surface area contributed by atoms with E-state index < -0.39 is 36.9 Å². The largest absolute Gasteiger partial charge is 0.434 e. The lowest BCUT2D eigenvalue weighted by molar-refractivity contribution is -0.115. The van der Waals surface area contributed by atoms with Gasteiger partial charge in [0.25, 0.3) is 0 Å². The predicted octanol–water partition coefficient (Wildman–Crippen LogP) is 1.48. The summed E-state index contributed by atoms with van der Waals surface area (Å²) in [5.74, 6) is -0.700. The maximum atomic E-state index is 12.7. The van der Waals surface area contributed by atoms with E-state index in [4.69, 9.17) is 4.42 Å². The number of aliphatic hydroxyl groups is 3. The second kappa shape index (κ2) is 8.48. The number of nitrogens with zero attached hydrogens (tertiary/aromatic N) is 4. The number of hydrogen-bond acceptors (Lipinski definition) is 10. The summed E-state index contributed by atoms with van der Waals surface area (Å²) >= 11 is 0. The highest BCUT2D eigenvalue weighted by molar-refractivity contribution is 5.78. The molecule has 1 aliphatic rings. The third-order valence-corrected chi connectivity index (χ3v) is 5.27. The molecule has 0 amide bonds. The van der Waals surface area contributed by atoms with E-state index in [1.54, 1.807) is 19.1 Å². The normalized spacial score (nSPS) is 23.6. The molecule has 4 unspecified atom stereocenters. The minimum atomic E-state index is -4.48. The molecule has 172 valence electrons. The number of oxazole rings is 1. The number of rotatable bonds is 6. The lowest BCUT2D eigenvalue weighted by Gasteiger charge is -2.21. The zero-order valence-electron chi connectivity index (χ0n) is 16.8.